The fraction of sp³-hybridized carbons (Fsp3) is 0.636. The molecule has 0 bridgehead atoms. The summed E-state index contributed by atoms with van der Waals surface area (Å²) in [6.45, 7) is 7.35. The molecule has 4 heteroatoms. The first kappa shape index (κ1) is 11.8. The number of nitrogens with one attached hydrogen (secondary N) is 1. The van der Waals surface area contributed by atoms with Gasteiger partial charge in [0.1, 0.15) is 0 Å². The summed E-state index contributed by atoms with van der Waals surface area (Å²) in [5.74, 6) is 0.105. The number of carbonyl (C=O) groups excluding carboxylic acids is 1. The lowest BCUT2D eigenvalue weighted by Gasteiger charge is -2.17. The van der Waals surface area contributed by atoms with Gasteiger partial charge in [0.2, 0.25) is 5.91 Å². The van der Waals surface area contributed by atoms with Crippen LogP contribution in [0.4, 0.5) is 0 Å². The number of aromatic nitrogens is 2. The van der Waals surface area contributed by atoms with Gasteiger partial charge in [-0.25, -0.2) is 4.98 Å². The molecule has 1 heterocycles. The van der Waals surface area contributed by atoms with E-state index in [-0.39, 0.29) is 11.3 Å². The van der Waals surface area contributed by atoms with E-state index in [9.17, 15) is 4.79 Å². The van der Waals surface area contributed by atoms with Crippen LogP contribution in [0.2, 0.25) is 0 Å². The van der Waals surface area contributed by atoms with E-state index in [0.717, 1.165) is 13.0 Å². The van der Waals surface area contributed by atoms with Gasteiger partial charge in [0.25, 0.3) is 0 Å². The van der Waals surface area contributed by atoms with E-state index in [2.05, 4.69) is 10.3 Å². The third-order valence-corrected chi connectivity index (χ3v) is 2.12. The van der Waals surface area contributed by atoms with Gasteiger partial charge in [0.05, 0.1) is 6.33 Å². The molecule has 84 valence electrons. The molecule has 0 aliphatic heterocycles. The number of aryl methyl sites for hydroxylation is 1. The Morgan fingerprint density at radius 2 is 2.20 bits per heavy atom. The SMILES string of the molecule is CC(C)(C)C(=O)NCCCn1ccnc1. The summed E-state index contributed by atoms with van der Waals surface area (Å²) in [5.41, 5.74) is -0.297. The van der Waals surface area contributed by atoms with Gasteiger partial charge in [-0.2, -0.15) is 0 Å². The molecule has 0 aliphatic carbocycles. The van der Waals surface area contributed by atoms with Crippen LogP contribution in [0.15, 0.2) is 18.7 Å². The summed E-state index contributed by atoms with van der Waals surface area (Å²) >= 11 is 0. The summed E-state index contributed by atoms with van der Waals surface area (Å²) in [6.07, 6.45) is 6.39. The van der Waals surface area contributed by atoms with Crippen molar-refractivity contribution in [2.24, 2.45) is 5.41 Å². The highest BCUT2D eigenvalue weighted by Gasteiger charge is 2.19. The zero-order chi connectivity index (χ0) is 11.3. The second kappa shape index (κ2) is 4.96. The Bertz CT molecular complexity index is 298. The predicted octanol–water partition coefficient (Wildman–Crippen LogP) is 1.44. The molecule has 1 aromatic rings. The Kier molecular flexibility index (Phi) is 3.88. The van der Waals surface area contributed by atoms with Gasteiger partial charge in [-0.1, -0.05) is 20.8 Å². The van der Waals surface area contributed by atoms with Gasteiger partial charge >= 0.3 is 0 Å². The molecule has 0 atom stereocenters. The number of hydrogen-bond donors (Lipinski definition) is 1. The minimum Gasteiger partial charge on any atom is -0.356 e. The van der Waals surface area contributed by atoms with E-state index < -0.39 is 0 Å². The Labute approximate surface area is 90.7 Å². The van der Waals surface area contributed by atoms with E-state index in [4.69, 9.17) is 0 Å². The highest BCUT2D eigenvalue weighted by molar-refractivity contribution is 5.81. The zero-order valence-corrected chi connectivity index (χ0v) is 9.66. The molecular formula is C11H19N3O. The van der Waals surface area contributed by atoms with E-state index in [0.29, 0.717) is 6.54 Å². The number of carbonyl (C=O) groups is 1. The molecule has 4 nitrogen and oxygen atoms in total. The van der Waals surface area contributed by atoms with Crippen molar-refractivity contribution in [1.82, 2.24) is 14.9 Å². The van der Waals surface area contributed by atoms with E-state index in [1.165, 1.54) is 0 Å². The minimum atomic E-state index is -0.297. The fourth-order valence-corrected chi connectivity index (χ4v) is 1.15. The molecule has 0 spiro atoms. The van der Waals surface area contributed by atoms with Gasteiger partial charge in [-0.05, 0) is 6.42 Å². The first-order valence-corrected chi connectivity index (χ1v) is 5.24. The maximum absolute atomic E-state index is 11.5. The lowest BCUT2D eigenvalue weighted by molar-refractivity contribution is -0.128. The quantitative estimate of drug-likeness (QED) is 0.763. The van der Waals surface area contributed by atoms with Crippen molar-refractivity contribution >= 4 is 5.91 Å². The second-order valence-electron chi connectivity index (χ2n) is 4.66. The van der Waals surface area contributed by atoms with Crippen LogP contribution in [-0.2, 0) is 11.3 Å². The van der Waals surface area contributed by atoms with Crippen LogP contribution in [0, 0.1) is 5.41 Å². The molecule has 0 aromatic carbocycles. The highest BCUT2D eigenvalue weighted by atomic mass is 16.2. The summed E-state index contributed by atoms with van der Waals surface area (Å²) in [5, 5.41) is 2.91. The summed E-state index contributed by atoms with van der Waals surface area (Å²) in [4.78, 5) is 15.4. The van der Waals surface area contributed by atoms with Crippen molar-refractivity contribution in [3.63, 3.8) is 0 Å². The molecule has 0 radical (unpaired) electrons. The zero-order valence-electron chi connectivity index (χ0n) is 9.66. The summed E-state index contributed by atoms with van der Waals surface area (Å²) in [6, 6.07) is 0. The molecule has 1 aromatic heterocycles. The van der Waals surface area contributed by atoms with Crippen molar-refractivity contribution in [2.75, 3.05) is 6.54 Å². The number of hydrogen-bond acceptors (Lipinski definition) is 2. The van der Waals surface area contributed by atoms with Crippen molar-refractivity contribution < 1.29 is 4.79 Å². The summed E-state index contributed by atoms with van der Waals surface area (Å²) < 4.78 is 2.00. The third-order valence-electron chi connectivity index (χ3n) is 2.12. The molecule has 0 fully saturated rings. The van der Waals surface area contributed by atoms with Gasteiger partial charge in [0.15, 0.2) is 0 Å². The molecule has 0 saturated heterocycles. The topological polar surface area (TPSA) is 46.9 Å². The predicted molar refractivity (Wildman–Crippen MR) is 59.3 cm³/mol. The smallest absolute Gasteiger partial charge is 0.225 e. The molecule has 1 rings (SSSR count). The van der Waals surface area contributed by atoms with Crippen LogP contribution < -0.4 is 5.32 Å². The van der Waals surface area contributed by atoms with E-state index in [1.807, 2.05) is 31.5 Å². The van der Waals surface area contributed by atoms with Crippen molar-refractivity contribution in [3.05, 3.63) is 18.7 Å². The maximum Gasteiger partial charge on any atom is 0.225 e. The van der Waals surface area contributed by atoms with Gasteiger partial charge in [0, 0.05) is 30.9 Å². The third kappa shape index (κ3) is 4.14. The second-order valence-corrected chi connectivity index (χ2v) is 4.66. The van der Waals surface area contributed by atoms with Crippen LogP contribution in [-0.4, -0.2) is 22.0 Å². The maximum atomic E-state index is 11.5. The molecule has 1 amide bonds. The lowest BCUT2D eigenvalue weighted by atomic mass is 9.96. The fourth-order valence-electron chi connectivity index (χ4n) is 1.15. The average Bonchev–Trinajstić information content (AvgIpc) is 2.63. The van der Waals surface area contributed by atoms with Crippen molar-refractivity contribution in [3.8, 4) is 0 Å². The van der Waals surface area contributed by atoms with E-state index in [1.54, 1.807) is 12.5 Å². The van der Waals surface area contributed by atoms with Crippen LogP contribution >= 0.6 is 0 Å². The molecule has 1 N–H and O–H groups in total. The average molecular weight is 209 g/mol. The minimum absolute atomic E-state index is 0.105. The van der Waals surface area contributed by atoms with Crippen LogP contribution in [0.5, 0.6) is 0 Å². The Hall–Kier alpha value is -1.32. The standard InChI is InChI=1S/C11H19N3O/c1-11(2,3)10(15)13-5-4-7-14-8-6-12-9-14/h6,8-9H,4-5,7H2,1-3H3,(H,13,15). The highest BCUT2D eigenvalue weighted by Crippen LogP contribution is 2.12. The van der Waals surface area contributed by atoms with Crippen molar-refractivity contribution in [2.45, 2.75) is 33.7 Å². The van der Waals surface area contributed by atoms with Gasteiger partial charge in [-0.15, -0.1) is 0 Å². The molecule has 0 aliphatic rings. The Balaban J connectivity index is 2.15. The number of rotatable bonds is 4. The first-order chi connectivity index (χ1) is 7.00. The largest absolute Gasteiger partial charge is 0.356 e. The molecular weight excluding hydrogens is 190 g/mol. The molecule has 0 saturated carbocycles. The monoisotopic (exact) mass is 209 g/mol. The number of imidazole rings is 1. The molecule has 15 heavy (non-hydrogen) atoms. The van der Waals surface area contributed by atoms with Crippen LogP contribution in [0.25, 0.3) is 0 Å². The van der Waals surface area contributed by atoms with Crippen LogP contribution in [0.1, 0.15) is 27.2 Å². The van der Waals surface area contributed by atoms with Gasteiger partial charge < -0.3 is 9.88 Å². The van der Waals surface area contributed by atoms with Crippen LogP contribution in [0.3, 0.4) is 0 Å². The Morgan fingerprint density at radius 3 is 2.73 bits per heavy atom. The Morgan fingerprint density at radius 1 is 1.47 bits per heavy atom. The number of amides is 1. The van der Waals surface area contributed by atoms with Gasteiger partial charge in [-0.3, -0.25) is 4.79 Å². The first-order valence-electron chi connectivity index (χ1n) is 5.24. The van der Waals surface area contributed by atoms with Crippen molar-refractivity contribution in [1.29, 1.82) is 0 Å². The molecule has 0 unspecified atom stereocenters. The number of nitrogens with zero attached hydrogens (tertiary/aromatic N) is 2. The lowest BCUT2D eigenvalue weighted by Crippen LogP contribution is -2.35. The van der Waals surface area contributed by atoms with E-state index >= 15 is 0 Å². The summed E-state index contributed by atoms with van der Waals surface area (Å²) in [7, 11) is 0. The normalized spacial score (nSPS) is 11.4.